The van der Waals surface area contributed by atoms with Crippen molar-refractivity contribution in [1.29, 1.82) is 0 Å². The molecule has 10 heteroatoms. The highest BCUT2D eigenvalue weighted by atomic mass is 31.2. The number of phenols is 3. The van der Waals surface area contributed by atoms with Crippen LogP contribution in [0.4, 0.5) is 0 Å². The number of hydrogen-bond donors (Lipinski definition) is 5. The van der Waals surface area contributed by atoms with Crippen molar-refractivity contribution in [2.24, 2.45) is 0 Å². The number of aromatic hydroxyl groups is 4. The normalized spacial score (nSPS) is 13.5. The Balaban J connectivity index is 2.26. The van der Waals surface area contributed by atoms with Crippen LogP contribution in [0.15, 0.2) is 39.5 Å². The minimum Gasteiger partial charge on any atom is -0.508 e. The van der Waals surface area contributed by atoms with Gasteiger partial charge in [0.2, 0.25) is 11.2 Å². The van der Waals surface area contributed by atoms with Crippen molar-refractivity contribution in [3.05, 3.63) is 40.6 Å². The van der Waals surface area contributed by atoms with Crippen LogP contribution in [0.1, 0.15) is 0 Å². The predicted octanol–water partition coefficient (Wildman–Crippen LogP) is 2.48. The lowest BCUT2D eigenvalue weighted by molar-refractivity contribution is 0.371. The molecule has 26 heavy (non-hydrogen) atoms. The van der Waals surface area contributed by atoms with E-state index in [0.717, 1.165) is 30.9 Å². The zero-order valence-electron chi connectivity index (χ0n) is 13.2. The van der Waals surface area contributed by atoms with Crippen molar-refractivity contribution >= 4 is 18.6 Å². The predicted molar refractivity (Wildman–Crippen MR) is 91.0 cm³/mol. The second-order valence-electron chi connectivity index (χ2n) is 5.52. The van der Waals surface area contributed by atoms with E-state index in [4.69, 9.17) is 8.94 Å². The monoisotopic (exact) mass is 380 g/mol. The molecule has 1 heterocycles. The molecule has 0 radical (unpaired) electrons. The average molecular weight is 380 g/mol. The van der Waals surface area contributed by atoms with Crippen LogP contribution in [0.5, 0.6) is 28.7 Å². The molecule has 0 aliphatic rings. The van der Waals surface area contributed by atoms with Crippen molar-refractivity contribution < 1.29 is 38.8 Å². The van der Waals surface area contributed by atoms with E-state index >= 15 is 0 Å². The molecule has 9 nitrogen and oxygen atoms in total. The molecule has 1 unspecified atom stereocenters. The summed E-state index contributed by atoms with van der Waals surface area (Å²) in [5.74, 6) is -2.92. The standard InChI is InChI=1S/C16H13O9P/c1-26(22,23)25-11-4-7(2-3-9(11)18)16-15(21)14(20)13-10(19)5-8(17)6-12(13)24-16/h2-6,17-19,21H,1H3,(H,22,23). The van der Waals surface area contributed by atoms with Crippen LogP contribution in [0.25, 0.3) is 22.3 Å². The van der Waals surface area contributed by atoms with E-state index in [1.807, 2.05) is 0 Å². The minimum absolute atomic E-state index is 0.0468. The van der Waals surface area contributed by atoms with E-state index in [1.54, 1.807) is 0 Å². The van der Waals surface area contributed by atoms with Gasteiger partial charge in [-0.1, -0.05) is 0 Å². The van der Waals surface area contributed by atoms with Crippen LogP contribution in [0, 0.1) is 0 Å². The fourth-order valence-electron chi connectivity index (χ4n) is 2.38. The molecule has 0 saturated heterocycles. The van der Waals surface area contributed by atoms with Gasteiger partial charge in [-0.25, -0.2) is 4.57 Å². The minimum atomic E-state index is -3.98. The fourth-order valence-corrected chi connectivity index (χ4v) is 2.89. The zero-order chi connectivity index (χ0) is 19.2. The quantitative estimate of drug-likeness (QED) is 0.430. The van der Waals surface area contributed by atoms with Gasteiger partial charge in [0, 0.05) is 24.4 Å². The maximum Gasteiger partial charge on any atom is 0.373 e. The molecule has 0 spiro atoms. The van der Waals surface area contributed by atoms with Crippen molar-refractivity contribution in [2.45, 2.75) is 0 Å². The summed E-state index contributed by atoms with van der Waals surface area (Å²) in [5, 5.41) is 38.9. The van der Waals surface area contributed by atoms with Crippen LogP contribution in [0.3, 0.4) is 0 Å². The summed E-state index contributed by atoms with van der Waals surface area (Å²) in [6, 6.07) is 5.47. The van der Waals surface area contributed by atoms with Gasteiger partial charge in [0.15, 0.2) is 17.3 Å². The highest BCUT2D eigenvalue weighted by Crippen LogP contribution is 2.44. The lowest BCUT2D eigenvalue weighted by Gasteiger charge is -2.12. The van der Waals surface area contributed by atoms with Crippen LogP contribution in [0.2, 0.25) is 0 Å². The highest BCUT2D eigenvalue weighted by Gasteiger charge is 2.21. The second-order valence-corrected chi connectivity index (χ2v) is 7.31. The Morgan fingerprint density at radius 3 is 2.38 bits per heavy atom. The molecule has 1 atom stereocenters. The van der Waals surface area contributed by atoms with E-state index < -0.39 is 30.3 Å². The molecule has 1 aromatic heterocycles. The Hall–Kier alpha value is -3.16. The number of phenolic OH excluding ortho intramolecular Hbond substituents is 3. The summed E-state index contributed by atoms with van der Waals surface area (Å²) in [5.41, 5.74) is -1.10. The van der Waals surface area contributed by atoms with E-state index in [1.165, 1.54) is 6.07 Å². The van der Waals surface area contributed by atoms with Gasteiger partial charge in [-0.3, -0.25) is 4.79 Å². The summed E-state index contributed by atoms with van der Waals surface area (Å²) >= 11 is 0. The van der Waals surface area contributed by atoms with E-state index in [2.05, 4.69) is 0 Å². The molecule has 3 aromatic rings. The number of fused-ring (bicyclic) bond motifs is 1. The van der Waals surface area contributed by atoms with Crippen LogP contribution < -0.4 is 9.95 Å². The van der Waals surface area contributed by atoms with Gasteiger partial charge < -0.3 is 34.3 Å². The summed E-state index contributed by atoms with van der Waals surface area (Å²) in [7, 11) is -3.98. The molecule has 0 aliphatic carbocycles. The number of hydrogen-bond acceptors (Lipinski definition) is 8. The van der Waals surface area contributed by atoms with Crippen molar-refractivity contribution in [2.75, 3.05) is 6.66 Å². The van der Waals surface area contributed by atoms with Crippen molar-refractivity contribution in [3.8, 4) is 40.1 Å². The summed E-state index contributed by atoms with van der Waals surface area (Å²) < 4.78 is 21.6. The number of rotatable bonds is 3. The van der Waals surface area contributed by atoms with Gasteiger partial charge in [0.05, 0.1) is 0 Å². The summed E-state index contributed by atoms with van der Waals surface area (Å²) in [4.78, 5) is 21.6. The van der Waals surface area contributed by atoms with Crippen LogP contribution >= 0.6 is 7.60 Å². The Bertz CT molecular complexity index is 1130. The van der Waals surface area contributed by atoms with Gasteiger partial charge >= 0.3 is 7.60 Å². The molecule has 2 aromatic carbocycles. The smallest absolute Gasteiger partial charge is 0.373 e. The van der Waals surface area contributed by atoms with Crippen molar-refractivity contribution in [3.63, 3.8) is 0 Å². The van der Waals surface area contributed by atoms with Crippen LogP contribution in [-0.4, -0.2) is 32.0 Å². The Morgan fingerprint density at radius 1 is 1.04 bits per heavy atom. The molecular formula is C16H13O9P. The third-order valence-corrected chi connectivity index (χ3v) is 3.96. The van der Waals surface area contributed by atoms with Gasteiger partial charge in [-0.2, -0.15) is 0 Å². The first kappa shape index (κ1) is 17.7. The Morgan fingerprint density at radius 2 is 1.73 bits per heavy atom. The zero-order valence-corrected chi connectivity index (χ0v) is 14.1. The molecule has 0 saturated carbocycles. The lowest BCUT2D eigenvalue weighted by Crippen LogP contribution is -2.03. The first-order chi connectivity index (χ1) is 12.1. The topological polar surface area (TPSA) is 158 Å². The molecule has 0 bridgehead atoms. The van der Waals surface area contributed by atoms with Crippen molar-refractivity contribution in [1.82, 2.24) is 0 Å². The van der Waals surface area contributed by atoms with Gasteiger partial charge in [-0.05, 0) is 18.2 Å². The molecule has 5 N–H and O–H groups in total. The van der Waals surface area contributed by atoms with E-state index in [-0.39, 0.29) is 33.8 Å². The fraction of sp³-hybridized carbons (Fsp3) is 0.0625. The molecule has 0 aliphatic heterocycles. The van der Waals surface area contributed by atoms with Gasteiger partial charge in [0.1, 0.15) is 22.5 Å². The molecule has 0 amide bonds. The second kappa shape index (κ2) is 5.98. The third kappa shape index (κ3) is 3.17. The lowest BCUT2D eigenvalue weighted by atomic mass is 10.1. The molecule has 3 rings (SSSR count). The maximum absolute atomic E-state index is 12.3. The first-order valence-electron chi connectivity index (χ1n) is 7.12. The Labute approximate surface area is 145 Å². The molecule has 136 valence electrons. The maximum atomic E-state index is 12.3. The molecule has 0 fully saturated rings. The highest BCUT2D eigenvalue weighted by molar-refractivity contribution is 7.52. The third-order valence-electron chi connectivity index (χ3n) is 3.43. The number of benzene rings is 2. The van der Waals surface area contributed by atoms with E-state index in [0.29, 0.717) is 0 Å². The van der Waals surface area contributed by atoms with Gasteiger partial charge in [-0.15, -0.1) is 0 Å². The SMILES string of the molecule is CP(=O)(O)Oc1cc(-c2oc3cc(O)cc(O)c3c(=O)c2O)ccc1O. The van der Waals surface area contributed by atoms with E-state index in [9.17, 15) is 34.7 Å². The first-order valence-corrected chi connectivity index (χ1v) is 9.14. The summed E-state index contributed by atoms with van der Waals surface area (Å²) in [6.07, 6.45) is 0. The van der Waals surface area contributed by atoms with Gasteiger partial charge in [0.25, 0.3) is 0 Å². The average Bonchev–Trinajstić information content (AvgIpc) is 2.51. The largest absolute Gasteiger partial charge is 0.508 e. The Kier molecular flexibility index (Phi) is 4.06. The molecular weight excluding hydrogens is 367 g/mol. The van der Waals surface area contributed by atoms with Crippen LogP contribution in [-0.2, 0) is 4.57 Å². The summed E-state index contributed by atoms with van der Waals surface area (Å²) in [6.45, 7) is 0.915.